The van der Waals surface area contributed by atoms with E-state index in [1.165, 1.54) is 6.07 Å². The minimum absolute atomic E-state index is 0.0353. The fraction of sp³-hybridized carbons (Fsp3) is 0.538. The lowest BCUT2D eigenvalue weighted by atomic mass is 9.78. The molecule has 2 nitrogen and oxygen atoms in total. The van der Waals surface area contributed by atoms with E-state index in [1.807, 2.05) is 6.07 Å². The molecule has 1 aliphatic heterocycles. The van der Waals surface area contributed by atoms with Crippen molar-refractivity contribution in [3.63, 3.8) is 0 Å². The molecule has 1 heterocycles. The number of nitrogens with one attached hydrogen (secondary N) is 1. The highest BCUT2D eigenvalue weighted by Crippen LogP contribution is 2.32. The lowest BCUT2D eigenvalue weighted by Crippen LogP contribution is -2.54. The summed E-state index contributed by atoms with van der Waals surface area (Å²) in [4.78, 5) is 0. The van der Waals surface area contributed by atoms with Gasteiger partial charge in [-0.15, -0.1) is 0 Å². The summed E-state index contributed by atoms with van der Waals surface area (Å²) in [7, 11) is 0. The molecule has 0 aliphatic carbocycles. The third-order valence-corrected chi connectivity index (χ3v) is 3.04. The van der Waals surface area contributed by atoms with Crippen LogP contribution in [0, 0.1) is 5.82 Å². The minimum atomic E-state index is -0.173. The molecule has 16 heavy (non-hydrogen) atoms. The van der Waals surface area contributed by atoms with E-state index in [4.69, 9.17) is 4.74 Å². The highest BCUT2D eigenvalue weighted by molar-refractivity contribution is 5.29. The first kappa shape index (κ1) is 11.6. The van der Waals surface area contributed by atoms with E-state index in [9.17, 15) is 4.39 Å². The lowest BCUT2D eigenvalue weighted by molar-refractivity contribution is -0.0598. The van der Waals surface area contributed by atoms with Gasteiger partial charge in [0.25, 0.3) is 0 Å². The van der Waals surface area contributed by atoms with Crippen LogP contribution in [0.25, 0.3) is 0 Å². The lowest BCUT2D eigenvalue weighted by Gasteiger charge is -2.42. The van der Waals surface area contributed by atoms with Crippen LogP contribution in [0.15, 0.2) is 24.3 Å². The van der Waals surface area contributed by atoms with Crippen LogP contribution in [0.5, 0.6) is 0 Å². The van der Waals surface area contributed by atoms with Crippen LogP contribution in [0.3, 0.4) is 0 Å². The number of ether oxygens (including phenoxy) is 1. The van der Waals surface area contributed by atoms with Gasteiger partial charge in [0.05, 0.1) is 18.6 Å². The molecule has 1 saturated heterocycles. The van der Waals surface area contributed by atoms with Crippen LogP contribution >= 0.6 is 0 Å². The van der Waals surface area contributed by atoms with E-state index in [0.29, 0.717) is 19.3 Å². The van der Waals surface area contributed by atoms with Gasteiger partial charge in [0.15, 0.2) is 0 Å². The summed E-state index contributed by atoms with van der Waals surface area (Å²) in [5.74, 6) is -0.173. The van der Waals surface area contributed by atoms with Gasteiger partial charge in [-0.2, -0.15) is 0 Å². The van der Waals surface area contributed by atoms with Crippen molar-refractivity contribution in [2.24, 2.45) is 0 Å². The topological polar surface area (TPSA) is 21.3 Å². The van der Waals surface area contributed by atoms with Crippen LogP contribution in [0.2, 0.25) is 0 Å². The van der Waals surface area contributed by atoms with Crippen LogP contribution in [-0.2, 0) is 10.2 Å². The average Bonchev–Trinajstić information content (AvgIpc) is 2.15. The molecule has 0 unspecified atom stereocenters. The molecule has 2 rings (SSSR count). The Bertz CT molecular complexity index is 361. The van der Waals surface area contributed by atoms with E-state index >= 15 is 0 Å². The second-order valence-electron chi connectivity index (χ2n) is 4.82. The van der Waals surface area contributed by atoms with Gasteiger partial charge in [0, 0.05) is 12.6 Å². The van der Waals surface area contributed by atoms with Gasteiger partial charge in [-0.1, -0.05) is 26.0 Å². The smallest absolute Gasteiger partial charge is 0.123 e. The molecule has 3 heteroatoms. The zero-order valence-electron chi connectivity index (χ0n) is 9.79. The van der Waals surface area contributed by atoms with Gasteiger partial charge >= 0.3 is 0 Å². The van der Waals surface area contributed by atoms with Crippen molar-refractivity contribution in [3.05, 3.63) is 35.6 Å². The summed E-state index contributed by atoms with van der Waals surface area (Å²) >= 11 is 0. The largest absolute Gasteiger partial charge is 0.379 e. The Morgan fingerprint density at radius 3 is 2.69 bits per heavy atom. The second kappa shape index (κ2) is 4.52. The quantitative estimate of drug-likeness (QED) is 0.844. The summed E-state index contributed by atoms with van der Waals surface area (Å²) < 4.78 is 18.5. The molecule has 1 aliphatic rings. The highest BCUT2D eigenvalue weighted by Gasteiger charge is 2.40. The summed E-state index contributed by atoms with van der Waals surface area (Å²) in [6.07, 6.45) is 0. The number of rotatable bonds is 4. The minimum Gasteiger partial charge on any atom is -0.379 e. The van der Waals surface area contributed by atoms with Crippen LogP contribution in [-0.4, -0.2) is 25.8 Å². The molecule has 0 radical (unpaired) electrons. The molecule has 0 amide bonds. The molecule has 0 aromatic heterocycles. The van der Waals surface area contributed by atoms with Crippen molar-refractivity contribution >= 4 is 0 Å². The zero-order valence-corrected chi connectivity index (χ0v) is 9.79. The first-order chi connectivity index (χ1) is 7.62. The Kier molecular flexibility index (Phi) is 3.26. The van der Waals surface area contributed by atoms with Crippen molar-refractivity contribution in [1.82, 2.24) is 5.32 Å². The molecule has 0 bridgehead atoms. The fourth-order valence-corrected chi connectivity index (χ4v) is 1.94. The van der Waals surface area contributed by atoms with Crippen molar-refractivity contribution in [2.45, 2.75) is 25.3 Å². The number of halogens is 1. The molecule has 0 spiro atoms. The van der Waals surface area contributed by atoms with E-state index in [2.05, 4.69) is 19.2 Å². The fourth-order valence-electron chi connectivity index (χ4n) is 1.94. The first-order valence-electron chi connectivity index (χ1n) is 5.70. The maximum absolute atomic E-state index is 13.2. The van der Waals surface area contributed by atoms with Gasteiger partial charge in [0.2, 0.25) is 0 Å². The van der Waals surface area contributed by atoms with Crippen molar-refractivity contribution in [1.29, 1.82) is 0 Å². The molecule has 0 saturated carbocycles. The third kappa shape index (κ3) is 2.25. The zero-order chi connectivity index (χ0) is 11.6. The Labute approximate surface area is 95.8 Å². The maximum atomic E-state index is 13.2. The van der Waals surface area contributed by atoms with E-state index < -0.39 is 0 Å². The van der Waals surface area contributed by atoms with E-state index in [1.54, 1.807) is 12.1 Å². The molecule has 88 valence electrons. The van der Waals surface area contributed by atoms with Gasteiger partial charge in [-0.05, 0) is 17.7 Å². The Balaban J connectivity index is 2.14. The predicted octanol–water partition coefficient (Wildman–Crippen LogP) is 2.09. The maximum Gasteiger partial charge on any atom is 0.123 e. The van der Waals surface area contributed by atoms with Crippen LogP contribution < -0.4 is 5.32 Å². The summed E-state index contributed by atoms with van der Waals surface area (Å²) in [5.41, 5.74) is 0.999. The predicted molar refractivity (Wildman–Crippen MR) is 62.0 cm³/mol. The Hall–Kier alpha value is -0.930. The molecule has 1 N–H and O–H groups in total. The molecule has 1 aromatic carbocycles. The van der Waals surface area contributed by atoms with Gasteiger partial charge < -0.3 is 10.1 Å². The van der Waals surface area contributed by atoms with E-state index in [0.717, 1.165) is 12.1 Å². The van der Waals surface area contributed by atoms with Gasteiger partial charge in [0.1, 0.15) is 5.82 Å². The standard InChI is InChI=1S/C13H18FNO/c1-10(2)15-7-13(8-16-9-13)11-4-3-5-12(14)6-11/h3-6,10,15H,7-9H2,1-2H3. The average molecular weight is 223 g/mol. The SMILES string of the molecule is CC(C)NCC1(c2cccc(F)c2)COC1. The number of benzene rings is 1. The van der Waals surface area contributed by atoms with E-state index in [-0.39, 0.29) is 11.2 Å². The normalized spacial score (nSPS) is 18.5. The third-order valence-electron chi connectivity index (χ3n) is 3.04. The summed E-state index contributed by atoms with van der Waals surface area (Å²) in [5, 5.41) is 3.40. The second-order valence-corrected chi connectivity index (χ2v) is 4.82. The Morgan fingerprint density at radius 2 is 2.19 bits per heavy atom. The number of hydrogen-bond donors (Lipinski definition) is 1. The summed E-state index contributed by atoms with van der Waals surface area (Å²) in [6, 6.07) is 7.27. The van der Waals surface area contributed by atoms with Crippen LogP contribution in [0.4, 0.5) is 4.39 Å². The van der Waals surface area contributed by atoms with Gasteiger partial charge in [-0.3, -0.25) is 0 Å². The molecule has 1 fully saturated rings. The monoisotopic (exact) mass is 223 g/mol. The molecule has 1 aromatic rings. The number of hydrogen-bond acceptors (Lipinski definition) is 2. The van der Waals surface area contributed by atoms with Crippen LogP contribution in [0.1, 0.15) is 19.4 Å². The Morgan fingerprint density at radius 1 is 1.44 bits per heavy atom. The molecular weight excluding hydrogens is 205 g/mol. The summed E-state index contributed by atoms with van der Waals surface area (Å²) in [6.45, 7) is 6.41. The first-order valence-corrected chi connectivity index (χ1v) is 5.70. The van der Waals surface area contributed by atoms with Gasteiger partial charge in [-0.25, -0.2) is 4.39 Å². The highest BCUT2D eigenvalue weighted by atomic mass is 19.1. The van der Waals surface area contributed by atoms with Crippen molar-refractivity contribution in [2.75, 3.05) is 19.8 Å². The van der Waals surface area contributed by atoms with Crippen molar-refractivity contribution < 1.29 is 9.13 Å². The molecular formula is C13H18FNO. The van der Waals surface area contributed by atoms with Crippen molar-refractivity contribution in [3.8, 4) is 0 Å². The molecule has 0 atom stereocenters.